The van der Waals surface area contributed by atoms with Crippen LogP contribution in [0.3, 0.4) is 0 Å². The number of Topliss-reactive ketones (excluding diaryl/α,β-unsaturated/α-hetero) is 1. The minimum absolute atomic E-state index is 0.0790. The maximum atomic E-state index is 11.4. The number of likely N-dealkylation sites (N-methyl/N-ethyl adjacent to an activating group) is 1. The van der Waals surface area contributed by atoms with Crippen LogP contribution in [0.15, 0.2) is 18.3 Å². The quantitative estimate of drug-likeness (QED) is 0.737. The highest BCUT2D eigenvalue weighted by molar-refractivity contribution is 5.97. The Hall–Kier alpha value is -1.22. The highest BCUT2D eigenvalue weighted by Gasteiger charge is 2.06. The minimum Gasteiger partial charge on any atom is -0.313 e. The molecule has 1 heterocycles. The summed E-state index contributed by atoms with van der Waals surface area (Å²) in [5.74, 6) is 0.485. The summed E-state index contributed by atoms with van der Waals surface area (Å²) in [5.41, 5.74) is 1.69. The second-order valence-electron chi connectivity index (χ2n) is 3.58. The van der Waals surface area contributed by atoms with Crippen molar-refractivity contribution in [2.75, 3.05) is 13.6 Å². The van der Waals surface area contributed by atoms with E-state index in [9.17, 15) is 4.79 Å². The number of rotatable bonds is 4. The molecule has 3 heteroatoms. The van der Waals surface area contributed by atoms with Crippen LogP contribution in [0.4, 0.5) is 0 Å². The van der Waals surface area contributed by atoms with Crippen LogP contribution in [-0.2, 0) is 0 Å². The summed E-state index contributed by atoms with van der Waals surface area (Å²) in [7, 11) is 1.76. The largest absolute Gasteiger partial charge is 0.313 e. The lowest BCUT2D eigenvalue weighted by Gasteiger charge is -2.04. The number of carbonyl (C=O) groups is 1. The summed E-state index contributed by atoms with van der Waals surface area (Å²) in [4.78, 5) is 15.7. The average molecular weight is 192 g/mol. The number of pyridine rings is 1. The first-order chi connectivity index (χ1) is 6.65. The van der Waals surface area contributed by atoms with Crippen LogP contribution in [0.1, 0.15) is 35.8 Å². The number of nitrogens with one attached hydrogen (secondary N) is 1. The van der Waals surface area contributed by atoms with Crippen molar-refractivity contribution in [3.63, 3.8) is 0 Å². The Morgan fingerprint density at radius 2 is 2.21 bits per heavy atom. The zero-order chi connectivity index (χ0) is 10.6. The smallest absolute Gasteiger partial charge is 0.178 e. The minimum atomic E-state index is 0.0790. The number of hydrogen-bond donors (Lipinski definition) is 1. The van der Waals surface area contributed by atoms with Gasteiger partial charge in [0.15, 0.2) is 5.78 Å². The molecule has 0 aliphatic heterocycles. The van der Waals surface area contributed by atoms with Gasteiger partial charge in [-0.1, -0.05) is 13.8 Å². The van der Waals surface area contributed by atoms with Gasteiger partial charge in [0.25, 0.3) is 0 Å². The first-order valence-corrected chi connectivity index (χ1v) is 4.79. The standard InChI is InChI=1S/C11H16N2O/c1-8(2)10-5-4-9(6-13-10)11(14)7-12-3/h4-6,8,12H,7H2,1-3H3. The summed E-state index contributed by atoms with van der Waals surface area (Å²) in [6.45, 7) is 4.53. The lowest BCUT2D eigenvalue weighted by Crippen LogP contribution is -2.18. The zero-order valence-corrected chi connectivity index (χ0v) is 8.87. The summed E-state index contributed by atoms with van der Waals surface area (Å²) < 4.78 is 0. The van der Waals surface area contributed by atoms with E-state index in [1.165, 1.54) is 0 Å². The molecule has 0 saturated heterocycles. The predicted molar refractivity (Wildman–Crippen MR) is 56.6 cm³/mol. The van der Waals surface area contributed by atoms with Crippen molar-refractivity contribution in [3.8, 4) is 0 Å². The second kappa shape index (κ2) is 4.86. The molecular formula is C11H16N2O. The van der Waals surface area contributed by atoms with E-state index >= 15 is 0 Å². The molecule has 0 saturated carbocycles. The van der Waals surface area contributed by atoms with Crippen LogP contribution >= 0.6 is 0 Å². The molecule has 1 N–H and O–H groups in total. The number of hydrogen-bond acceptors (Lipinski definition) is 3. The van der Waals surface area contributed by atoms with Gasteiger partial charge in [-0.05, 0) is 25.1 Å². The first kappa shape index (κ1) is 10.9. The van der Waals surface area contributed by atoms with E-state index in [0.717, 1.165) is 5.69 Å². The van der Waals surface area contributed by atoms with Gasteiger partial charge in [-0.15, -0.1) is 0 Å². The number of nitrogens with zero attached hydrogens (tertiary/aromatic N) is 1. The maximum Gasteiger partial charge on any atom is 0.178 e. The zero-order valence-electron chi connectivity index (χ0n) is 8.87. The van der Waals surface area contributed by atoms with E-state index in [0.29, 0.717) is 18.0 Å². The normalized spacial score (nSPS) is 10.6. The molecule has 0 radical (unpaired) electrons. The maximum absolute atomic E-state index is 11.4. The molecule has 0 aliphatic rings. The summed E-state index contributed by atoms with van der Waals surface area (Å²) >= 11 is 0. The summed E-state index contributed by atoms with van der Waals surface area (Å²) in [6, 6.07) is 3.75. The Morgan fingerprint density at radius 3 is 2.64 bits per heavy atom. The molecule has 76 valence electrons. The molecule has 1 rings (SSSR count). The van der Waals surface area contributed by atoms with E-state index in [1.807, 2.05) is 12.1 Å². The van der Waals surface area contributed by atoms with Crippen LogP contribution in [-0.4, -0.2) is 24.4 Å². The van der Waals surface area contributed by atoms with Crippen LogP contribution in [0.25, 0.3) is 0 Å². The molecular weight excluding hydrogens is 176 g/mol. The fourth-order valence-electron chi connectivity index (χ4n) is 1.17. The van der Waals surface area contributed by atoms with Crippen molar-refractivity contribution in [1.29, 1.82) is 0 Å². The van der Waals surface area contributed by atoms with E-state index in [4.69, 9.17) is 0 Å². The molecule has 0 spiro atoms. The first-order valence-electron chi connectivity index (χ1n) is 4.79. The van der Waals surface area contributed by atoms with Gasteiger partial charge < -0.3 is 5.32 Å². The SMILES string of the molecule is CNCC(=O)c1ccc(C(C)C)nc1. The van der Waals surface area contributed by atoms with Gasteiger partial charge in [0.05, 0.1) is 6.54 Å². The Morgan fingerprint density at radius 1 is 1.50 bits per heavy atom. The molecule has 0 amide bonds. The molecule has 0 fully saturated rings. The van der Waals surface area contributed by atoms with Gasteiger partial charge in [0.2, 0.25) is 0 Å². The topological polar surface area (TPSA) is 42.0 Å². The van der Waals surface area contributed by atoms with Gasteiger partial charge in [-0.3, -0.25) is 9.78 Å². The van der Waals surface area contributed by atoms with Crippen LogP contribution in [0.2, 0.25) is 0 Å². The Labute approximate surface area is 84.6 Å². The van der Waals surface area contributed by atoms with Gasteiger partial charge in [-0.25, -0.2) is 0 Å². The van der Waals surface area contributed by atoms with E-state index < -0.39 is 0 Å². The molecule has 0 bridgehead atoms. The predicted octanol–water partition coefficient (Wildman–Crippen LogP) is 1.61. The number of aromatic nitrogens is 1. The van der Waals surface area contributed by atoms with Gasteiger partial charge >= 0.3 is 0 Å². The third-order valence-corrected chi connectivity index (χ3v) is 2.04. The highest BCUT2D eigenvalue weighted by atomic mass is 16.1. The Bertz CT molecular complexity index is 304. The highest BCUT2D eigenvalue weighted by Crippen LogP contribution is 2.11. The van der Waals surface area contributed by atoms with E-state index in [1.54, 1.807) is 13.2 Å². The molecule has 1 aromatic rings. The second-order valence-corrected chi connectivity index (χ2v) is 3.58. The van der Waals surface area contributed by atoms with Crippen molar-refractivity contribution < 1.29 is 4.79 Å². The van der Waals surface area contributed by atoms with Crippen molar-refractivity contribution >= 4 is 5.78 Å². The molecule has 14 heavy (non-hydrogen) atoms. The number of ketones is 1. The van der Waals surface area contributed by atoms with E-state index in [2.05, 4.69) is 24.1 Å². The molecule has 0 aliphatic carbocycles. The lowest BCUT2D eigenvalue weighted by molar-refractivity contribution is 0.0993. The molecule has 0 aromatic carbocycles. The van der Waals surface area contributed by atoms with Crippen LogP contribution < -0.4 is 5.32 Å². The average Bonchev–Trinajstić information content (AvgIpc) is 2.18. The molecule has 0 unspecified atom stereocenters. The van der Waals surface area contributed by atoms with Crippen molar-refractivity contribution in [1.82, 2.24) is 10.3 Å². The van der Waals surface area contributed by atoms with Crippen molar-refractivity contribution in [2.24, 2.45) is 0 Å². The third-order valence-electron chi connectivity index (χ3n) is 2.04. The summed E-state index contributed by atoms with van der Waals surface area (Å²) in [6.07, 6.45) is 1.65. The molecule has 0 atom stereocenters. The molecule has 1 aromatic heterocycles. The third kappa shape index (κ3) is 2.64. The monoisotopic (exact) mass is 192 g/mol. The lowest BCUT2D eigenvalue weighted by atomic mass is 10.1. The van der Waals surface area contributed by atoms with Gasteiger partial charge in [0, 0.05) is 17.5 Å². The Balaban J connectivity index is 2.78. The van der Waals surface area contributed by atoms with Crippen molar-refractivity contribution in [2.45, 2.75) is 19.8 Å². The summed E-state index contributed by atoms with van der Waals surface area (Å²) in [5, 5.41) is 2.83. The van der Waals surface area contributed by atoms with Gasteiger partial charge in [-0.2, -0.15) is 0 Å². The fraction of sp³-hybridized carbons (Fsp3) is 0.455. The molecule has 3 nitrogen and oxygen atoms in total. The number of carbonyl (C=O) groups excluding carboxylic acids is 1. The Kier molecular flexibility index (Phi) is 3.77. The van der Waals surface area contributed by atoms with Gasteiger partial charge in [0.1, 0.15) is 0 Å². The van der Waals surface area contributed by atoms with Crippen molar-refractivity contribution in [3.05, 3.63) is 29.6 Å². The van der Waals surface area contributed by atoms with E-state index in [-0.39, 0.29) is 5.78 Å². The van der Waals surface area contributed by atoms with Crippen LogP contribution in [0, 0.1) is 0 Å². The van der Waals surface area contributed by atoms with Crippen LogP contribution in [0.5, 0.6) is 0 Å². The fourth-order valence-corrected chi connectivity index (χ4v) is 1.17.